The fourth-order valence-electron chi connectivity index (χ4n) is 2.99. The van der Waals surface area contributed by atoms with E-state index in [4.69, 9.17) is 4.52 Å². The van der Waals surface area contributed by atoms with E-state index in [-0.39, 0.29) is 5.91 Å². The molecule has 3 heterocycles. The first-order chi connectivity index (χ1) is 12.0. The van der Waals surface area contributed by atoms with Crippen molar-refractivity contribution in [2.45, 2.75) is 33.6 Å². The minimum absolute atomic E-state index is 0.242. The van der Waals surface area contributed by atoms with Crippen LogP contribution in [0, 0.1) is 11.8 Å². The number of pyridine rings is 1. The van der Waals surface area contributed by atoms with Crippen LogP contribution in [0.3, 0.4) is 0 Å². The molecule has 0 saturated carbocycles. The van der Waals surface area contributed by atoms with Crippen molar-refractivity contribution in [1.82, 2.24) is 20.0 Å². The lowest BCUT2D eigenvalue weighted by Crippen LogP contribution is -2.25. The first kappa shape index (κ1) is 17.4. The van der Waals surface area contributed by atoms with Crippen molar-refractivity contribution in [2.24, 2.45) is 11.8 Å². The molecule has 134 valence electrons. The number of rotatable bonds is 7. The summed E-state index contributed by atoms with van der Waals surface area (Å²) >= 11 is 0. The van der Waals surface area contributed by atoms with Gasteiger partial charge in [0.15, 0.2) is 5.82 Å². The SMILES string of the molecule is CCN1CC(CNc2ccc(-c3nc(CC(C)C)no3)cn2)CC1=O. The fourth-order valence-corrected chi connectivity index (χ4v) is 2.99. The minimum Gasteiger partial charge on any atom is -0.370 e. The second-order valence-electron chi connectivity index (χ2n) is 6.93. The van der Waals surface area contributed by atoms with Crippen LogP contribution >= 0.6 is 0 Å². The van der Waals surface area contributed by atoms with Gasteiger partial charge >= 0.3 is 0 Å². The average molecular weight is 343 g/mol. The van der Waals surface area contributed by atoms with E-state index in [0.717, 1.165) is 43.3 Å². The van der Waals surface area contributed by atoms with E-state index in [9.17, 15) is 4.79 Å². The minimum atomic E-state index is 0.242. The third kappa shape index (κ3) is 4.35. The summed E-state index contributed by atoms with van der Waals surface area (Å²) in [6.45, 7) is 8.60. The van der Waals surface area contributed by atoms with Gasteiger partial charge < -0.3 is 14.7 Å². The second kappa shape index (κ2) is 7.63. The Morgan fingerprint density at radius 2 is 2.24 bits per heavy atom. The van der Waals surface area contributed by atoms with Gasteiger partial charge in [-0.3, -0.25) is 4.79 Å². The Morgan fingerprint density at radius 3 is 2.88 bits per heavy atom. The van der Waals surface area contributed by atoms with Crippen molar-refractivity contribution in [1.29, 1.82) is 0 Å². The molecule has 1 amide bonds. The molecular formula is C18H25N5O2. The maximum absolute atomic E-state index is 11.8. The van der Waals surface area contributed by atoms with Gasteiger partial charge in [-0.15, -0.1) is 0 Å². The van der Waals surface area contributed by atoms with Gasteiger partial charge in [0.1, 0.15) is 5.82 Å². The van der Waals surface area contributed by atoms with Crippen LogP contribution in [0.1, 0.15) is 33.0 Å². The Balaban J connectivity index is 1.55. The number of nitrogens with zero attached hydrogens (tertiary/aromatic N) is 4. The molecule has 1 aliphatic rings. The van der Waals surface area contributed by atoms with Gasteiger partial charge in [0, 0.05) is 44.6 Å². The Morgan fingerprint density at radius 1 is 1.40 bits per heavy atom. The number of hydrogen-bond acceptors (Lipinski definition) is 6. The number of carbonyl (C=O) groups is 1. The molecule has 1 atom stereocenters. The van der Waals surface area contributed by atoms with Gasteiger partial charge in [-0.25, -0.2) is 4.98 Å². The number of anilines is 1. The molecule has 1 aliphatic heterocycles. The molecule has 1 fully saturated rings. The van der Waals surface area contributed by atoms with Crippen LogP contribution in [-0.4, -0.2) is 45.6 Å². The van der Waals surface area contributed by atoms with E-state index in [1.54, 1.807) is 6.20 Å². The largest absolute Gasteiger partial charge is 0.370 e. The summed E-state index contributed by atoms with van der Waals surface area (Å²) in [4.78, 5) is 22.5. The highest BCUT2D eigenvalue weighted by Crippen LogP contribution is 2.20. The predicted octanol–water partition coefficient (Wildman–Crippen LogP) is 2.61. The topological polar surface area (TPSA) is 84.2 Å². The summed E-state index contributed by atoms with van der Waals surface area (Å²) in [5.41, 5.74) is 0.807. The number of hydrogen-bond donors (Lipinski definition) is 1. The van der Waals surface area contributed by atoms with E-state index in [1.807, 2.05) is 24.0 Å². The lowest BCUT2D eigenvalue weighted by molar-refractivity contribution is -0.127. The van der Waals surface area contributed by atoms with Crippen molar-refractivity contribution >= 4 is 11.7 Å². The molecule has 0 spiro atoms. The number of nitrogens with one attached hydrogen (secondary N) is 1. The van der Waals surface area contributed by atoms with Crippen molar-refractivity contribution < 1.29 is 9.32 Å². The van der Waals surface area contributed by atoms with Crippen molar-refractivity contribution in [3.05, 3.63) is 24.2 Å². The van der Waals surface area contributed by atoms with E-state index in [1.165, 1.54) is 0 Å². The van der Waals surface area contributed by atoms with Crippen LogP contribution < -0.4 is 5.32 Å². The summed E-state index contributed by atoms with van der Waals surface area (Å²) in [5.74, 6) is 3.07. The Labute approximate surface area is 147 Å². The first-order valence-electron chi connectivity index (χ1n) is 8.85. The molecule has 1 unspecified atom stereocenters. The summed E-state index contributed by atoms with van der Waals surface area (Å²) in [7, 11) is 0. The summed E-state index contributed by atoms with van der Waals surface area (Å²) in [6, 6.07) is 3.82. The number of aromatic nitrogens is 3. The molecule has 1 N–H and O–H groups in total. The van der Waals surface area contributed by atoms with Gasteiger partial charge in [-0.1, -0.05) is 19.0 Å². The average Bonchev–Trinajstić information content (AvgIpc) is 3.19. The maximum atomic E-state index is 11.8. The normalized spacial score (nSPS) is 17.5. The zero-order chi connectivity index (χ0) is 17.8. The molecular weight excluding hydrogens is 318 g/mol. The van der Waals surface area contributed by atoms with Crippen LogP contribution in [-0.2, 0) is 11.2 Å². The van der Waals surface area contributed by atoms with Crippen molar-refractivity contribution in [3.63, 3.8) is 0 Å². The fraction of sp³-hybridized carbons (Fsp3) is 0.556. The molecule has 0 aromatic carbocycles. The van der Waals surface area contributed by atoms with Gasteiger partial charge in [0.2, 0.25) is 5.91 Å². The van der Waals surface area contributed by atoms with E-state index >= 15 is 0 Å². The zero-order valence-corrected chi connectivity index (χ0v) is 15.0. The molecule has 1 saturated heterocycles. The number of carbonyl (C=O) groups excluding carboxylic acids is 1. The summed E-state index contributed by atoms with van der Waals surface area (Å²) < 4.78 is 5.30. The molecule has 2 aromatic rings. The molecule has 0 bridgehead atoms. The molecule has 3 rings (SSSR count). The van der Waals surface area contributed by atoms with E-state index in [0.29, 0.717) is 24.1 Å². The third-order valence-electron chi connectivity index (χ3n) is 4.32. The lowest BCUT2D eigenvalue weighted by Gasteiger charge is -2.14. The van der Waals surface area contributed by atoms with Gasteiger partial charge in [-0.05, 0) is 25.0 Å². The van der Waals surface area contributed by atoms with Crippen LogP contribution in [0.15, 0.2) is 22.9 Å². The first-order valence-corrected chi connectivity index (χ1v) is 8.85. The summed E-state index contributed by atoms with van der Waals surface area (Å²) in [6.07, 6.45) is 3.14. The molecule has 0 radical (unpaired) electrons. The van der Waals surface area contributed by atoms with Gasteiger partial charge in [-0.2, -0.15) is 4.98 Å². The van der Waals surface area contributed by atoms with Crippen molar-refractivity contribution in [2.75, 3.05) is 25.0 Å². The quantitative estimate of drug-likeness (QED) is 0.832. The highest BCUT2D eigenvalue weighted by molar-refractivity contribution is 5.78. The Bertz CT molecular complexity index is 711. The molecule has 2 aromatic heterocycles. The second-order valence-corrected chi connectivity index (χ2v) is 6.93. The van der Waals surface area contributed by atoms with Crippen molar-refractivity contribution in [3.8, 4) is 11.5 Å². The summed E-state index contributed by atoms with van der Waals surface area (Å²) in [5, 5.41) is 7.31. The van der Waals surface area contributed by atoms with Crippen LogP contribution in [0.2, 0.25) is 0 Å². The van der Waals surface area contributed by atoms with Gasteiger partial charge in [0.25, 0.3) is 5.89 Å². The molecule has 7 nitrogen and oxygen atoms in total. The van der Waals surface area contributed by atoms with E-state index in [2.05, 4.69) is 34.3 Å². The molecule has 7 heteroatoms. The van der Waals surface area contributed by atoms with Crippen LogP contribution in [0.5, 0.6) is 0 Å². The smallest absolute Gasteiger partial charge is 0.259 e. The van der Waals surface area contributed by atoms with Crippen LogP contribution in [0.25, 0.3) is 11.5 Å². The zero-order valence-electron chi connectivity index (χ0n) is 15.0. The third-order valence-corrected chi connectivity index (χ3v) is 4.32. The maximum Gasteiger partial charge on any atom is 0.259 e. The number of likely N-dealkylation sites (tertiary alicyclic amines) is 1. The predicted molar refractivity (Wildman–Crippen MR) is 94.9 cm³/mol. The Kier molecular flexibility index (Phi) is 5.31. The Hall–Kier alpha value is -2.44. The molecule has 25 heavy (non-hydrogen) atoms. The van der Waals surface area contributed by atoms with Gasteiger partial charge in [0.05, 0.1) is 5.56 Å². The highest BCUT2D eigenvalue weighted by atomic mass is 16.5. The lowest BCUT2D eigenvalue weighted by atomic mass is 10.1. The van der Waals surface area contributed by atoms with Crippen LogP contribution in [0.4, 0.5) is 5.82 Å². The monoisotopic (exact) mass is 343 g/mol. The van der Waals surface area contributed by atoms with E-state index < -0.39 is 0 Å². The number of amides is 1. The molecule has 0 aliphatic carbocycles. The standard InChI is InChI=1S/C18H25N5O2/c1-4-23-11-13(8-17(23)24)9-19-15-6-5-14(10-20-15)18-21-16(22-25-18)7-12(2)3/h5-6,10,12-13H,4,7-9,11H2,1-3H3,(H,19,20). The highest BCUT2D eigenvalue weighted by Gasteiger charge is 2.27.